The Labute approximate surface area is 61.1 Å². The summed E-state index contributed by atoms with van der Waals surface area (Å²) in [4.78, 5) is 3.97. The standard InChI is InChI=1S/C7H10NOP/c1-6-3-4-8-7(5-6)10(2)9/h3-5,10H,1-2H3. The second-order valence-corrected chi connectivity index (χ2v) is 3.90. The molecule has 0 fully saturated rings. The molecule has 1 aromatic rings. The molecule has 0 aliphatic rings. The topological polar surface area (TPSA) is 30.0 Å². The summed E-state index contributed by atoms with van der Waals surface area (Å²) < 4.78 is 10.9. The second kappa shape index (κ2) is 2.98. The lowest BCUT2D eigenvalue weighted by atomic mass is 10.3. The molecule has 1 rings (SSSR count). The van der Waals surface area contributed by atoms with Crippen LogP contribution in [0.5, 0.6) is 0 Å². The average molecular weight is 155 g/mol. The van der Waals surface area contributed by atoms with Crippen molar-refractivity contribution in [3.63, 3.8) is 0 Å². The van der Waals surface area contributed by atoms with Gasteiger partial charge in [0.05, 0.1) is 5.44 Å². The van der Waals surface area contributed by atoms with Crippen molar-refractivity contribution >= 4 is 13.2 Å². The Bertz CT molecular complexity index is 260. The molecule has 54 valence electrons. The minimum Gasteiger partial charge on any atom is -0.321 e. The van der Waals surface area contributed by atoms with Crippen LogP contribution in [-0.4, -0.2) is 11.6 Å². The number of hydrogen-bond acceptors (Lipinski definition) is 2. The van der Waals surface area contributed by atoms with Gasteiger partial charge in [-0.25, -0.2) is 0 Å². The van der Waals surface area contributed by atoms with Crippen LogP contribution in [0, 0.1) is 6.92 Å². The first-order valence-electron chi connectivity index (χ1n) is 3.14. The lowest BCUT2D eigenvalue weighted by Gasteiger charge is -1.94. The highest BCUT2D eigenvalue weighted by atomic mass is 31.1. The molecule has 0 saturated carbocycles. The molecule has 10 heavy (non-hydrogen) atoms. The van der Waals surface area contributed by atoms with Crippen LogP contribution >= 0.6 is 7.80 Å². The fourth-order valence-electron chi connectivity index (χ4n) is 0.729. The van der Waals surface area contributed by atoms with E-state index >= 15 is 0 Å². The third-order valence-corrected chi connectivity index (χ3v) is 2.27. The predicted octanol–water partition coefficient (Wildman–Crippen LogP) is 1.20. The van der Waals surface area contributed by atoms with Gasteiger partial charge >= 0.3 is 0 Å². The van der Waals surface area contributed by atoms with E-state index in [0.717, 1.165) is 11.0 Å². The van der Waals surface area contributed by atoms with Crippen molar-refractivity contribution in [2.45, 2.75) is 6.92 Å². The van der Waals surface area contributed by atoms with E-state index in [0.29, 0.717) is 0 Å². The van der Waals surface area contributed by atoms with Gasteiger partial charge in [0.15, 0.2) is 0 Å². The van der Waals surface area contributed by atoms with Crippen LogP contribution in [0.4, 0.5) is 0 Å². The number of rotatable bonds is 1. The van der Waals surface area contributed by atoms with Gasteiger partial charge in [0.25, 0.3) is 0 Å². The average Bonchev–Trinajstić information content (AvgIpc) is 1.88. The Morgan fingerprint density at radius 2 is 2.30 bits per heavy atom. The first-order chi connectivity index (χ1) is 4.70. The smallest absolute Gasteiger partial charge is 0.118 e. The zero-order valence-corrected chi connectivity index (χ0v) is 7.09. The van der Waals surface area contributed by atoms with Crippen molar-refractivity contribution in [1.29, 1.82) is 0 Å². The van der Waals surface area contributed by atoms with Gasteiger partial charge in [0.1, 0.15) is 7.80 Å². The van der Waals surface area contributed by atoms with Gasteiger partial charge in [-0.1, -0.05) is 0 Å². The summed E-state index contributed by atoms with van der Waals surface area (Å²) in [5.41, 5.74) is 1.84. The molecule has 2 nitrogen and oxygen atoms in total. The summed E-state index contributed by atoms with van der Waals surface area (Å²) in [6, 6.07) is 3.76. The third kappa shape index (κ3) is 1.68. The van der Waals surface area contributed by atoms with E-state index in [1.807, 2.05) is 19.1 Å². The highest BCUT2D eigenvalue weighted by Gasteiger charge is 1.96. The van der Waals surface area contributed by atoms with Gasteiger partial charge in [-0.05, 0) is 31.3 Å². The van der Waals surface area contributed by atoms with Gasteiger partial charge in [-0.15, -0.1) is 0 Å². The largest absolute Gasteiger partial charge is 0.321 e. The summed E-state index contributed by atoms with van der Waals surface area (Å²) in [5, 5.41) is 0. The molecule has 0 spiro atoms. The molecule has 1 unspecified atom stereocenters. The molecule has 3 heteroatoms. The van der Waals surface area contributed by atoms with Crippen LogP contribution in [0.1, 0.15) is 5.56 Å². The normalized spacial score (nSPS) is 13.0. The molecular formula is C7H10NOP. The number of aromatic nitrogens is 1. The van der Waals surface area contributed by atoms with Crippen molar-refractivity contribution in [2.24, 2.45) is 0 Å². The van der Waals surface area contributed by atoms with Crippen LogP contribution in [0.25, 0.3) is 0 Å². The van der Waals surface area contributed by atoms with Crippen LogP contribution in [0.3, 0.4) is 0 Å². The summed E-state index contributed by atoms with van der Waals surface area (Å²) >= 11 is 0. The van der Waals surface area contributed by atoms with Crippen LogP contribution in [0.2, 0.25) is 0 Å². The Kier molecular flexibility index (Phi) is 2.23. The minimum absolute atomic E-state index is 0.727. The maximum Gasteiger partial charge on any atom is 0.118 e. The van der Waals surface area contributed by atoms with Gasteiger partial charge < -0.3 is 4.57 Å². The molecule has 0 N–H and O–H groups in total. The van der Waals surface area contributed by atoms with Crippen molar-refractivity contribution in [3.05, 3.63) is 23.9 Å². The van der Waals surface area contributed by atoms with E-state index in [9.17, 15) is 4.57 Å². The SMILES string of the molecule is Cc1ccnc([PH](C)=O)c1. The van der Waals surface area contributed by atoms with E-state index in [2.05, 4.69) is 4.98 Å². The number of nitrogens with zero attached hydrogens (tertiary/aromatic N) is 1. The summed E-state index contributed by atoms with van der Waals surface area (Å²) in [6.07, 6.45) is 1.69. The van der Waals surface area contributed by atoms with E-state index < -0.39 is 7.80 Å². The maximum absolute atomic E-state index is 10.9. The molecule has 1 aromatic heterocycles. The quantitative estimate of drug-likeness (QED) is 0.570. The molecule has 0 bridgehead atoms. The fraction of sp³-hybridized carbons (Fsp3) is 0.286. The number of hydrogen-bond donors (Lipinski definition) is 0. The lowest BCUT2D eigenvalue weighted by Crippen LogP contribution is -2.00. The van der Waals surface area contributed by atoms with E-state index in [1.165, 1.54) is 0 Å². The lowest BCUT2D eigenvalue weighted by molar-refractivity contribution is 0.595. The minimum atomic E-state index is -1.60. The molecule has 0 aliphatic carbocycles. The predicted molar refractivity (Wildman–Crippen MR) is 43.5 cm³/mol. The monoisotopic (exact) mass is 155 g/mol. The third-order valence-electron chi connectivity index (χ3n) is 1.28. The maximum atomic E-state index is 10.9. The number of pyridine rings is 1. The molecule has 0 aromatic carbocycles. The molecular weight excluding hydrogens is 145 g/mol. The van der Waals surface area contributed by atoms with Gasteiger partial charge in [0, 0.05) is 6.20 Å². The highest BCUT2D eigenvalue weighted by molar-refractivity contribution is 7.52. The molecule has 1 atom stereocenters. The van der Waals surface area contributed by atoms with Crippen LogP contribution in [-0.2, 0) is 4.57 Å². The fourth-order valence-corrected chi connectivity index (χ4v) is 1.42. The Morgan fingerprint density at radius 3 is 2.70 bits per heavy atom. The summed E-state index contributed by atoms with van der Waals surface area (Å²) in [5.74, 6) is 0. The van der Waals surface area contributed by atoms with Crippen LogP contribution < -0.4 is 5.44 Å². The van der Waals surface area contributed by atoms with Gasteiger partial charge in [-0.2, -0.15) is 0 Å². The molecule has 0 radical (unpaired) electrons. The number of aryl methyl sites for hydroxylation is 1. The van der Waals surface area contributed by atoms with Crippen molar-refractivity contribution in [2.75, 3.05) is 6.66 Å². The Hall–Kier alpha value is -0.620. The highest BCUT2D eigenvalue weighted by Crippen LogP contribution is 2.11. The molecule has 0 amide bonds. The van der Waals surface area contributed by atoms with Crippen molar-refractivity contribution < 1.29 is 4.57 Å². The van der Waals surface area contributed by atoms with Crippen molar-refractivity contribution in [1.82, 2.24) is 4.98 Å². The molecule has 0 aliphatic heterocycles. The van der Waals surface area contributed by atoms with Gasteiger partial charge in [0.2, 0.25) is 0 Å². The molecule has 1 heterocycles. The zero-order valence-electron chi connectivity index (χ0n) is 6.09. The molecule has 0 saturated heterocycles. The zero-order chi connectivity index (χ0) is 7.56. The first kappa shape index (κ1) is 7.49. The Morgan fingerprint density at radius 1 is 1.60 bits per heavy atom. The van der Waals surface area contributed by atoms with Gasteiger partial charge in [-0.3, -0.25) is 4.98 Å². The Balaban J connectivity index is 3.07. The van der Waals surface area contributed by atoms with Crippen LogP contribution in [0.15, 0.2) is 18.3 Å². The van der Waals surface area contributed by atoms with Crippen molar-refractivity contribution in [3.8, 4) is 0 Å². The first-order valence-corrected chi connectivity index (χ1v) is 5.04. The van der Waals surface area contributed by atoms with E-state index in [1.54, 1.807) is 12.9 Å². The van der Waals surface area contributed by atoms with E-state index in [4.69, 9.17) is 0 Å². The summed E-state index contributed by atoms with van der Waals surface area (Å²) in [7, 11) is -1.60. The second-order valence-electron chi connectivity index (χ2n) is 2.27. The van der Waals surface area contributed by atoms with E-state index in [-0.39, 0.29) is 0 Å². The summed E-state index contributed by atoms with van der Waals surface area (Å²) in [6.45, 7) is 3.67.